The second-order valence-corrected chi connectivity index (χ2v) is 9.65. The van der Waals surface area contributed by atoms with Crippen molar-refractivity contribution in [3.05, 3.63) is 0 Å². The molecule has 2 aliphatic carbocycles. The number of nitrogens with two attached hydrogens (primary N) is 1. The van der Waals surface area contributed by atoms with Crippen LogP contribution in [0.1, 0.15) is 96.8 Å². The first kappa shape index (κ1) is 21.6. The minimum atomic E-state index is -0.591. The number of guanidine groups is 1. The minimum absolute atomic E-state index is 0.141. The van der Waals surface area contributed by atoms with Crippen LogP contribution in [0.3, 0.4) is 0 Å². The van der Waals surface area contributed by atoms with E-state index >= 15 is 0 Å². The predicted molar refractivity (Wildman–Crippen MR) is 116 cm³/mol. The lowest BCUT2D eigenvalue weighted by Crippen LogP contribution is -2.45. The van der Waals surface area contributed by atoms with Crippen LogP contribution in [0.4, 0.5) is 0 Å². The Balaban J connectivity index is 1.63. The molecule has 0 aromatic carbocycles. The van der Waals surface area contributed by atoms with E-state index in [4.69, 9.17) is 10.7 Å². The molecule has 2 saturated carbocycles. The molecule has 1 heterocycles. The second-order valence-electron chi connectivity index (χ2n) is 9.65. The van der Waals surface area contributed by atoms with Gasteiger partial charge in [0.25, 0.3) is 5.91 Å². The average Bonchev–Trinajstić information content (AvgIpc) is 2.92. The predicted octanol–water partition coefficient (Wildman–Crippen LogP) is 4.21. The van der Waals surface area contributed by atoms with Gasteiger partial charge >= 0.3 is 0 Å². The van der Waals surface area contributed by atoms with E-state index in [0.29, 0.717) is 17.9 Å². The van der Waals surface area contributed by atoms with Gasteiger partial charge in [-0.25, -0.2) is 4.99 Å². The number of likely N-dealkylation sites (N-methyl/N-ethyl adjacent to an activating group) is 1. The fourth-order valence-corrected chi connectivity index (χ4v) is 5.70. The third-order valence-corrected chi connectivity index (χ3v) is 7.44. The molecule has 3 rings (SSSR count). The van der Waals surface area contributed by atoms with Gasteiger partial charge in [0.2, 0.25) is 0 Å². The normalized spacial score (nSPS) is 32.0. The Morgan fingerprint density at radius 2 is 1.89 bits per heavy atom. The van der Waals surface area contributed by atoms with Gasteiger partial charge in [-0.2, -0.15) is 0 Å². The van der Waals surface area contributed by atoms with E-state index in [0.717, 1.165) is 31.7 Å². The molecule has 5 nitrogen and oxygen atoms in total. The van der Waals surface area contributed by atoms with Crippen molar-refractivity contribution in [1.29, 1.82) is 0 Å². The van der Waals surface area contributed by atoms with Gasteiger partial charge in [0.05, 0.1) is 0 Å². The van der Waals surface area contributed by atoms with Crippen LogP contribution < -0.4 is 11.1 Å². The molecular weight excluding hydrogens is 348 g/mol. The molecule has 0 aromatic heterocycles. The highest BCUT2D eigenvalue weighted by Gasteiger charge is 2.47. The molecule has 0 bridgehead atoms. The van der Waals surface area contributed by atoms with Gasteiger partial charge in [0.1, 0.15) is 5.54 Å². The maximum absolute atomic E-state index is 13.2. The Kier molecular flexibility index (Phi) is 7.78. The highest BCUT2D eigenvalue weighted by atomic mass is 16.2. The maximum Gasteiger partial charge on any atom is 0.257 e. The summed E-state index contributed by atoms with van der Waals surface area (Å²) in [6, 6.07) is 0.608. The first-order chi connectivity index (χ1) is 13.5. The fraction of sp³-hybridized carbons (Fsp3) is 0.913. The molecule has 3 aliphatic rings. The number of carbonyl (C=O) groups excluding carboxylic acids is 1. The molecule has 28 heavy (non-hydrogen) atoms. The first-order valence-electron chi connectivity index (χ1n) is 11.9. The van der Waals surface area contributed by atoms with E-state index in [2.05, 4.69) is 12.2 Å². The van der Waals surface area contributed by atoms with Crippen molar-refractivity contribution in [3.8, 4) is 0 Å². The smallest absolute Gasteiger partial charge is 0.257 e. The molecule has 0 saturated heterocycles. The molecule has 5 heteroatoms. The Hall–Kier alpha value is -1.10. The number of carbonyl (C=O) groups is 1. The summed E-state index contributed by atoms with van der Waals surface area (Å²) in [5, 5.41) is 3.75. The van der Waals surface area contributed by atoms with Crippen molar-refractivity contribution in [2.24, 2.45) is 22.6 Å². The van der Waals surface area contributed by atoms with Crippen molar-refractivity contribution in [1.82, 2.24) is 10.2 Å². The Morgan fingerprint density at radius 1 is 1.14 bits per heavy atom. The average molecular weight is 391 g/mol. The fourth-order valence-electron chi connectivity index (χ4n) is 5.70. The van der Waals surface area contributed by atoms with Crippen LogP contribution in [0.2, 0.25) is 0 Å². The second kappa shape index (κ2) is 10.1. The van der Waals surface area contributed by atoms with Gasteiger partial charge in [0.15, 0.2) is 5.96 Å². The summed E-state index contributed by atoms with van der Waals surface area (Å²) in [5.41, 5.74) is 5.52. The van der Waals surface area contributed by atoms with Crippen molar-refractivity contribution in [3.63, 3.8) is 0 Å². The molecule has 0 aromatic rings. The molecule has 0 radical (unpaired) electrons. The van der Waals surface area contributed by atoms with Crippen molar-refractivity contribution in [2.45, 2.75) is 108 Å². The summed E-state index contributed by atoms with van der Waals surface area (Å²) in [6.45, 7) is 3.36. The van der Waals surface area contributed by atoms with Gasteiger partial charge < -0.3 is 11.1 Å². The van der Waals surface area contributed by atoms with Gasteiger partial charge in [-0.05, 0) is 56.9 Å². The van der Waals surface area contributed by atoms with Crippen molar-refractivity contribution < 1.29 is 4.79 Å². The van der Waals surface area contributed by atoms with Crippen LogP contribution in [0.15, 0.2) is 4.99 Å². The first-order valence-corrected chi connectivity index (χ1v) is 11.9. The molecular formula is C23H42N4O. The van der Waals surface area contributed by atoms with E-state index < -0.39 is 5.54 Å². The largest absolute Gasteiger partial charge is 0.369 e. The number of unbranched alkanes of at least 4 members (excludes halogenated alkanes) is 1. The Morgan fingerprint density at radius 3 is 2.57 bits per heavy atom. The summed E-state index contributed by atoms with van der Waals surface area (Å²) >= 11 is 0. The molecule has 3 N–H and O–H groups in total. The Bertz CT molecular complexity index is 543. The highest BCUT2D eigenvalue weighted by molar-refractivity contribution is 6.06. The zero-order valence-corrected chi connectivity index (χ0v) is 18.2. The lowest BCUT2D eigenvalue weighted by atomic mass is 9.74. The number of hydrogen-bond acceptors (Lipinski definition) is 4. The van der Waals surface area contributed by atoms with Crippen LogP contribution in [-0.4, -0.2) is 41.9 Å². The van der Waals surface area contributed by atoms with Gasteiger partial charge in [0, 0.05) is 13.1 Å². The van der Waals surface area contributed by atoms with E-state index in [1.54, 1.807) is 11.9 Å². The van der Waals surface area contributed by atoms with Crippen LogP contribution in [-0.2, 0) is 4.79 Å². The molecule has 3 atom stereocenters. The van der Waals surface area contributed by atoms with E-state index in [1.807, 2.05) is 0 Å². The van der Waals surface area contributed by atoms with Crippen LogP contribution >= 0.6 is 0 Å². The SMILES string of the molecule is CCCCNC1CCC[C@@H](C[C@@]2(CCC3CCCCC3)N=C(N)N(C)C2=O)C1. The zero-order valence-electron chi connectivity index (χ0n) is 18.2. The number of nitrogens with zero attached hydrogens (tertiary/aromatic N) is 2. The number of rotatable bonds is 9. The molecule has 160 valence electrons. The standard InChI is InChI=1S/C23H42N4O/c1-3-4-15-25-20-12-8-11-19(16-20)17-23(21(28)27(2)22(24)26-23)14-13-18-9-6-5-7-10-18/h18-20,25H,3-17H2,1-2H3,(H2,24,26)/t19-,20?,23-/m1/s1. The topological polar surface area (TPSA) is 70.7 Å². The van der Waals surface area contributed by atoms with Gasteiger partial charge in [-0.15, -0.1) is 0 Å². The molecule has 2 fully saturated rings. The summed E-state index contributed by atoms with van der Waals surface area (Å²) in [4.78, 5) is 19.6. The summed E-state index contributed by atoms with van der Waals surface area (Å²) < 4.78 is 0. The summed E-state index contributed by atoms with van der Waals surface area (Å²) in [5.74, 6) is 1.91. The van der Waals surface area contributed by atoms with E-state index in [9.17, 15) is 4.79 Å². The molecule has 1 amide bonds. The number of nitrogens with one attached hydrogen (secondary N) is 1. The number of aliphatic imine (C=N–C) groups is 1. The molecule has 1 unspecified atom stereocenters. The number of amides is 1. The molecule has 1 aliphatic heterocycles. The highest BCUT2D eigenvalue weighted by Crippen LogP contribution is 2.40. The van der Waals surface area contributed by atoms with Crippen LogP contribution in [0, 0.1) is 11.8 Å². The van der Waals surface area contributed by atoms with E-state index in [-0.39, 0.29) is 5.91 Å². The summed E-state index contributed by atoms with van der Waals surface area (Å²) in [6.07, 6.45) is 17.0. The number of hydrogen-bond donors (Lipinski definition) is 2. The Labute approximate surface area is 171 Å². The molecule has 0 spiro atoms. The zero-order chi connectivity index (χ0) is 20.0. The van der Waals surface area contributed by atoms with Crippen molar-refractivity contribution in [2.75, 3.05) is 13.6 Å². The lowest BCUT2D eigenvalue weighted by molar-refractivity contribution is -0.131. The minimum Gasteiger partial charge on any atom is -0.369 e. The summed E-state index contributed by atoms with van der Waals surface area (Å²) in [7, 11) is 1.79. The van der Waals surface area contributed by atoms with Crippen LogP contribution in [0.25, 0.3) is 0 Å². The maximum atomic E-state index is 13.2. The monoisotopic (exact) mass is 390 g/mol. The quantitative estimate of drug-likeness (QED) is 0.579. The van der Waals surface area contributed by atoms with Crippen molar-refractivity contribution >= 4 is 11.9 Å². The lowest BCUT2D eigenvalue weighted by Gasteiger charge is -2.35. The third kappa shape index (κ3) is 5.28. The van der Waals surface area contributed by atoms with Gasteiger partial charge in [-0.3, -0.25) is 9.69 Å². The van der Waals surface area contributed by atoms with Gasteiger partial charge in [-0.1, -0.05) is 58.3 Å². The third-order valence-electron chi connectivity index (χ3n) is 7.44. The van der Waals surface area contributed by atoms with Crippen LogP contribution in [0.5, 0.6) is 0 Å². The van der Waals surface area contributed by atoms with E-state index in [1.165, 1.54) is 70.6 Å².